The summed E-state index contributed by atoms with van der Waals surface area (Å²) >= 11 is 0. The normalized spacial score (nSPS) is 11.5. The fourth-order valence-electron chi connectivity index (χ4n) is 3.92. The van der Waals surface area contributed by atoms with Gasteiger partial charge in [0.15, 0.2) is 0 Å². The Balaban J connectivity index is 1.82. The highest BCUT2D eigenvalue weighted by atomic mass is 16.2. The lowest BCUT2D eigenvalue weighted by Crippen LogP contribution is -2.21. The van der Waals surface area contributed by atoms with Gasteiger partial charge in [0, 0.05) is 37.4 Å². The van der Waals surface area contributed by atoms with Crippen molar-refractivity contribution < 1.29 is 4.79 Å². The van der Waals surface area contributed by atoms with E-state index in [1.54, 1.807) is 45.4 Å². The number of amides is 1. The van der Waals surface area contributed by atoms with Gasteiger partial charge in [0.1, 0.15) is 5.69 Å². The van der Waals surface area contributed by atoms with Crippen LogP contribution in [0.25, 0.3) is 38.8 Å². The molecule has 0 saturated heterocycles. The van der Waals surface area contributed by atoms with Crippen LogP contribution < -0.4 is 11.4 Å². The molecule has 0 saturated carbocycles. The second-order valence-electron chi connectivity index (χ2n) is 7.47. The predicted molar refractivity (Wildman–Crippen MR) is 117 cm³/mol. The predicted octanol–water partition coefficient (Wildman–Crippen LogP) is 2.08. The molecule has 1 aromatic carbocycles. The number of nitrogens with zero attached hydrogens (tertiary/aromatic N) is 6. The highest BCUT2D eigenvalue weighted by Gasteiger charge is 2.19. The van der Waals surface area contributed by atoms with Gasteiger partial charge in [-0.25, -0.2) is 4.79 Å². The number of carbonyl (C=O) groups is 1. The number of aromatic nitrogens is 6. The van der Waals surface area contributed by atoms with Gasteiger partial charge in [-0.05, 0) is 30.7 Å². The van der Waals surface area contributed by atoms with Gasteiger partial charge in [-0.1, -0.05) is 12.1 Å². The van der Waals surface area contributed by atoms with Crippen LogP contribution in [0.4, 0.5) is 0 Å². The van der Waals surface area contributed by atoms with Crippen molar-refractivity contribution in [2.24, 2.45) is 19.8 Å². The molecule has 31 heavy (non-hydrogen) atoms. The van der Waals surface area contributed by atoms with Gasteiger partial charge in [-0.2, -0.15) is 5.10 Å². The number of rotatable bonds is 3. The lowest BCUT2D eigenvalue weighted by Gasteiger charge is -2.08. The molecule has 4 heterocycles. The van der Waals surface area contributed by atoms with E-state index in [0.29, 0.717) is 0 Å². The third-order valence-electron chi connectivity index (χ3n) is 5.46. The number of primary amides is 1. The van der Waals surface area contributed by atoms with Gasteiger partial charge in [0.25, 0.3) is 5.91 Å². The van der Waals surface area contributed by atoms with E-state index in [1.165, 1.54) is 0 Å². The summed E-state index contributed by atoms with van der Waals surface area (Å²) in [7, 11) is 3.56. The van der Waals surface area contributed by atoms with Crippen molar-refractivity contribution in [1.82, 2.24) is 28.9 Å². The average Bonchev–Trinajstić information content (AvgIpc) is 3.22. The van der Waals surface area contributed by atoms with E-state index in [2.05, 4.69) is 15.1 Å². The summed E-state index contributed by atoms with van der Waals surface area (Å²) in [6, 6.07) is 9.21. The molecule has 0 aliphatic rings. The third-order valence-corrected chi connectivity index (χ3v) is 5.46. The highest BCUT2D eigenvalue weighted by Crippen LogP contribution is 2.30. The molecule has 0 bridgehead atoms. The van der Waals surface area contributed by atoms with Gasteiger partial charge in [-0.3, -0.25) is 28.6 Å². The summed E-state index contributed by atoms with van der Waals surface area (Å²) in [5.41, 5.74) is 10.8. The van der Waals surface area contributed by atoms with Crippen LogP contribution in [0.1, 0.15) is 16.2 Å². The SMILES string of the molecule is Cc1nn(C)cc1-n1c(=O)n(C)c2cnc3ccc(-c4ccc(C(N)=O)nc4)cc3c21. The van der Waals surface area contributed by atoms with Gasteiger partial charge in [0.05, 0.1) is 34.1 Å². The number of fused-ring (bicyclic) bond motifs is 3. The minimum absolute atomic E-state index is 0.168. The Labute approximate surface area is 176 Å². The van der Waals surface area contributed by atoms with Crippen LogP contribution in [0.5, 0.6) is 0 Å². The molecule has 2 N–H and O–H groups in total. The molecule has 0 fully saturated rings. The molecule has 1 amide bonds. The maximum absolute atomic E-state index is 13.2. The molecule has 5 aromatic rings. The first kappa shape index (κ1) is 18.7. The number of nitrogens with two attached hydrogens (primary N) is 1. The van der Waals surface area contributed by atoms with Crippen molar-refractivity contribution in [1.29, 1.82) is 0 Å². The Bertz CT molecular complexity index is 1560. The quantitative estimate of drug-likeness (QED) is 0.486. The number of carbonyl (C=O) groups excluding carboxylic acids is 1. The van der Waals surface area contributed by atoms with Crippen molar-refractivity contribution in [2.45, 2.75) is 6.92 Å². The molecule has 0 radical (unpaired) electrons. The summed E-state index contributed by atoms with van der Waals surface area (Å²) in [5, 5.41) is 5.23. The lowest BCUT2D eigenvalue weighted by atomic mass is 10.0. The van der Waals surface area contributed by atoms with E-state index in [-0.39, 0.29) is 11.4 Å². The molecular weight excluding hydrogens is 394 g/mol. The molecule has 0 aliphatic carbocycles. The molecule has 0 aliphatic heterocycles. The zero-order chi connectivity index (χ0) is 21.9. The van der Waals surface area contributed by atoms with E-state index in [9.17, 15) is 9.59 Å². The van der Waals surface area contributed by atoms with Crippen molar-refractivity contribution in [3.8, 4) is 16.8 Å². The summed E-state index contributed by atoms with van der Waals surface area (Å²) in [4.78, 5) is 33.2. The minimum atomic E-state index is -0.573. The molecule has 9 heteroatoms. The largest absolute Gasteiger partial charge is 0.364 e. The van der Waals surface area contributed by atoms with Gasteiger partial charge >= 0.3 is 5.69 Å². The van der Waals surface area contributed by atoms with E-state index in [0.717, 1.165) is 44.4 Å². The number of aryl methyl sites for hydroxylation is 3. The van der Waals surface area contributed by atoms with Crippen LogP contribution in [-0.2, 0) is 14.1 Å². The van der Waals surface area contributed by atoms with Crippen molar-refractivity contribution in [2.75, 3.05) is 0 Å². The van der Waals surface area contributed by atoms with Crippen molar-refractivity contribution >= 4 is 27.8 Å². The van der Waals surface area contributed by atoms with Crippen LogP contribution in [0.3, 0.4) is 0 Å². The third kappa shape index (κ3) is 2.82. The van der Waals surface area contributed by atoms with Gasteiger partial charge in [-0.15, -0.1) is 0 Å². The summed E-state index contributed by atoms with van der Waals surface area (Å²) in [6.45, 7) is 1.88. The Morgan fingerprint density at radius 2 is 1.81 bits per heavy atom. The number of hydrogen-bond acceptors (Lipinski definition) is 5. The summed E-state index contributed by atoms with van der Waals surface area (Å²) in [6.07, 6.45) is 5.15. The summed E-state index contributed by atoms with van der Waals surface area (Å²) in [5.74, 6) is -0.573. The monoisotopic (exact) mass is 413 g/mol. The van der Waals surface area contributed by atoms with Crippen molar-refractivity contribution in [3.05, 3.63) is 70.8 Å². The first-order valence-electron chi connectivity index (χ1n) is 9.62. The average molecular weight is 413 g/mol. The molecule has 4 aromatic heterocycles. The number of pyridine rings is 2. The smallest absolute Gasteiger partial charge is 0.333 e. The number of imidazole rings is 1. The Kier molecular flexibility index (Phi) is 4.01. The molecule has 5 rings (SSSR count). The number of hydrogen-bond donors (Lipinski definition) is 1. The second-order valence-corrected chi connectivity index (χ2v) is 7.47. The lowest BCUT2D eigenvalue weighted by molar-refractivity contribution is 0.0995. The zero-order valence-corrected chi connectivity index (χ0v) is 17.2. The first-order chi connectivity index (χ1) is 14.8. The minimum Gasteiger partial charge on any atom is -0.364 e. The molecule has 154 valence electrons. The second kappa shape index (κ2) is 6.63. The molecule has 9 nitrogen and oxygen atoms in total. The molecule has 0 atom stereocenters. The zero-order valence-electron chi connectivity index (χ0n) is 17.2. The Morgan fingerprint density at radius 3 is 2.45 bits per heavy atom. The van der Waals surface area contributed by atoms with E-state index >= 15 is 0 Å². The fraction of sp³-hybridized carbons (Fsp3) is 0.136. The molecule has 0 unspecified atom stereocenters. The molecule has 0 spiro atoms. The van der Waals surface area contributed by atoms with Gasteiger partial charge < -0.3 is 5.73 Å². The van der Waals surface area contributed by atoms with Crippen LogP contribution in [0.2, 0.25) is 0 Å². The highest BCUT2D eigenvalue weighted by molar-refractivity contribution is 6.04. The van der Waals surface area contributed by atoms with Crippen LogP contribution >= 0.6 is 0 Å². The molecular formula is C22H19N7O2. The standard InChI is InChI=1S/C22H19N7O2/c1-12-19(11-27(2)26-12)29-20-15-8-13(14-5-7-17(21(23)30)24-9-14)4-6-16(15)25-10-18(20)28(3)22(29)31/h4-11H,1-3H3,(H2,23,30). The Hall–Kier alpha value is -4.27. The van der Waals surface area contributed by atoms with E-state index in [1.807, 2.05) is 38.4 Å². The number of benzene rings is 1. The van der Waals surface area contributed by atoms with Gasteiger partial charge in [0.2, 0.25) is 0 Å². The fourth-order valence-corrected chi connectivity index (χ4v) is 3.92. The van der Waals surface area contributed by atoms with Crippen LogP contribution in [-0.4, -0.2) is 34.8 Å². The van der Waals surface area contributed by atoms with Crippen LogP contribution in [0, 0.1) is 6.92 Å². The summed E-state index contributed by atoms with van der Waals surface area (Å²) < 4.78 is 4.96. The van der Waals surface area contributed by atoms with E-state index in [4.69, 9.17) is 5.73 Å². The van der Waals surface area contributed by atoms with E-state index < -0.39 is 5.91 Å². The first-order valence-corrected chi connectivity index (χ1v) is 9.62. The maximum atomic E-state index is 13.2. The van der Waals surface area contributed by atoms with Crippen molar-refractivity contribution in [3.63, 3.8) is 0 Å². The van der Waals surface area contributed by atoms with Crippen LogP contribution in [0.15, 0.2) is 53.7 Å². The maximum Gasteiger partial charge on any atom is 0.333 e. The topological polar surface area (TPSA) is 114 Å². The Morgan fingerprint density at radius 1 is 1.03 bits per heavy atom.